The Morgan fingerprint density at radius 3 is 2.85 bits per heavy atom. The highest BCUT2D eigenvalue weighted by molar-refractivity contribution is 7.89. The highest BCUT2D eigenvalue weighted by atomic mass is 32.2. The summed E-state index contributed by atoms with van der Waals surface area (Å²) < 4.78 is 27.5. The molecule has 20 heavy (non-hydrogen) atoms. The molecule has 0 aliphatic carbocycles. The number of hydrogen-bond acceptors (Lipinski definition) is 5. The van der Waals surface area contributed by atoms with Crippen LogP contribution in [0.15, 0.2) is 29.4 Å². The maximum Gasteiger partial charge on any atom is 0.244 e. The Hall–Kier alpha value is -1.77. The first kappa shape index (κ1) is 14.6. The number of aromatic amines is 1. The molecule has 8 heteroatoms. The minimum Gasteiger partial charge on any atom is -0.325 e. The molecule has 7 nitrogen and oxygen atoms in total. The van der Waals surface area contributed by atoms with Crippen molar-refractivity contribution >= 4 is 10.0 Å². The van der Waals surface area contributed by atoms with Gasteiger partial charge in [-0.1, -0.05) is 6.07 Å². The van der Waals surface area contributed by atoms with E-state index in [4.69, 9.17) is 5.73 Å². The van der Waals surface area contributed by atoms with Gasteiger partial charge in [0.05, 0.1) is 11.4 Å². The van der Waals surface area contributed by atoms with Crippen molar-refractivity contribution in [1.29, 1.82) is 0 Å². The molecule has 0 saturated heterocycles. The molecular weight excluding hydrogens is 278 g/mol. The zero-order chi connectivity index (χ0) is 14.8. The number of aromatic nitrogens is 3. The molecule has 0 aromatic carbocycles. The summed E-state index contributed by atoms with van der Waals surface area (Å²) in [5.74, 6) is 0. The molecule has 2 aromatic heterocycles. The highest BCUT2D eigenvalue weighted by Gasteiger charge is 2.25. The number of aryl methyl sites for hydroxylation is 1. The van der Waals surface area contributed by atoms with E-state index in [-0.39, 0.29) is 11.4 Å². The fourth-order valence-corrected chi connectivity index (χ4v) is 3.56. The molecule has 0 fully saturated rings. The SMILES string of the molecule is Cc1[nH]nc(CN)c1S(=O)(=O)NC(C)c1cccnc1. The molecule has 1 unspecified atom stereocenters. The average Bonchev–Trinajstić information content (AvgIpc) is 2.81. The summed E-state index contributed by atoms with van der Waals surface area (Å²) >= 11 is 0. The second-order valence-electron chi connectivity index (χ2n) is 4.46. The number of nitrogens with two attached hydrogens (primary N) is 1. The molecule has 0 radical (unpaired) electrons. The van der Waals surface area contributed by atoms with Crippen molar-refractivity contribution in [3.63, 3.8) is 0 Å². The molecule has 0 aliphatic rings. The van der Waals surface area contributed by atoms with Crippen molar-refractivity contribution in [2.75, 3.05) is 0 Å². The lowest BCUT2D eigenvalue weighted by atomic mass is 10.2. The van der Waals surface area contributed by atoms with Crippen molar-refractivity contribution in [2.45, 2.75) is 31.3 Å². The van der Waals surface area contributed by atoms with Crippen molar-refractivity contribution in [1.82, 2.24) is 19.9 Å². The zero-order valence-electron chi connectivity index (χ0n) is 11.3. The van der Waals surface area contributed by atoms with Gasteiger partial charge in [0.25, 0.3) is 0 Å². The van der Waals surface area contributed by atoms with Gasteiger partial charge in [0.2, 0.25) is 10.0 Å². The molecule has 0 amide bonds. The summed E-state index contributed by atoms with van der Waals surface area (Å²) in [5.41, 5.74) is 7.10. The summed E-state index contributed by atoms with van der Waals surface area (Å²) in [6.45, 7) is 3.46. The van der Waals surface area contributed by atoms with E-state index in [0.717, 1.165) is 5.56 Å². The molecule has 2 heterocycles. The van der Waals surface area contributed by atoms with Gasteiger partial charge in [0, 0.05) is 25.0 Å². The molecular formula is C12H17N5O2S. The first-order valence-corrected chi connectivity index (χ1v) is 7.60. The van der Waals surface area contributed by atoms with Crippen LogP contribution in [0.3, 0.4) is 0 Å². The van der Waals surface area contributed by atoms with Crippen LogP contribution in [0.4, 0.5) is 0 Å². The van der Waals surface area contributed by atoms with E-state index in [9.17, 15) is 8.42 Å². The Morgan fingerprint density at radius 2 is 2.25 bits per heavy atom. The van der Waals surface area contributed by atoms with Gasteiger partial charge in [-0.3, -0.25) is 10.1 Å². The Balaban J connectivity index is 2.30. The van der Waals surface area contributed by atoms with E-state index >= 15 is 0 Å². The zero-order valence-corrected chi connectivity index (χ0v) is 12.1. The predicted octanol–water partition coefficient (Wildman–Crippen LogP) is 0.611. The fraction of sp³-hybridized carbons (Fsp3) is 0.333. The van der Waals surface area contributed by atoms with Crippen LogP contribution in [0.2, 0.25) is 0 Å². The Bertz CT molecular complexity index is 681. The first-order valence-electron chi connectivity index (χ1n) is 6.12. The third-order valence-electron chi connectivity index (χ3n) is 2.94. The first-order chi connectivity index (χ1) is 9.45. The van der Waals surface area contributed by atoms with E-state index in [2.05, 4.69) is 19.9 Å². The van der Waals surface area contributed by atoms with Crippen molar-refractivity contribution < 1.29 is 8.42 Å². The van der Waals surface area contributed by atoms with E-state index in [1.165, 1.54) is 0 Å². The van der Waals surface area contributed by atoms with Crippen LogP contribution >= 0.6 is 0 Å². The molecule has 1 atom stereocenters. The average molecular weight is 295 g/mol. The Morgan fingerprint density at radius 1 is 1.50 bits per heavy atom. The fourth-order valence-electron chi connectivity index (χ4n) is 1.96. The van der Waals surface area contributed by atoms with Gasteiger partial charge in [0.15, 0.2) is 0 Å². The molecule has 2 aromatic rings. The number of nitrogens with one attached hydrogen (secondary N) is 2. The number of nitrogens with zero attached hydrogens (tertiary/aromatic N) is 2. The monoisotopic (exact) mass is 295 g/mol. The summed E-state index contributed by atoms with van der Waals surface area (Å²) in [7, 11) is -3.69. The lowest BCUT2D eigenvalue weighted by molar-refractivity contribution is 0.565. The van der Waals surface area contributed by atoms with Gasteiger partial charge in [-0.25, -0.2) is 13.1 Å². The molecule has 0 saturated carbocycles. The van der Waals surface area contributed by atoms with Crippen molar-refractivity contribution in [2.24, 2.45) is 5.73 Å². The number of sulfonamides is 1. The van der Waals surface area contributed by atoms with Crippen LogP contribution in [-0.4, -0.2) is 23.6 Å². The van der Waals surface area contributed by atoms with Crippen LogP contribution in [0.25, 0.3) is 0 Å². The van der Waals surface area contributed by atoms with E-state index < -0.39 is 16.1 Å². The molecule has 4 N–H and O–H groups in total. The van der Waals surface area contributed by atoms with Gasteiger partial charge >= 0.3 is 0 Å². The Labute approximate surface area is 117 Å². The van der Waals surface area contributed by atoms with Crippen LogP contribution < -0.4 is 10.5 Å². The lowest BCUT2D eigenvalue weighted by Gasteiger charge is -2.14. The molecule has 0 spiro atoms. The van der Waals surface area contributed by atoms with E-state index in [1.807, 2.05) is 6.07 Å². The largest absolute Gasteiger partial charge is 0.325 e. The van der Waals surface area contributed by atoms with Crippen LogP contribution in [0.5, 0.6) is 0 Å². The topological polar surface area (TPSA) is 114 Å². The highest BCUT2D eigenvalue weighted by Crippen LogP contribution is 2.20. The second-order valence-corrected chi connectivity index (χ2v) is 6.11. The minimum absolute atomic E-state index is 0.0574. The molecule has 0 aliphatic heterocycles. The maximum atomic E-state index is 12.4. The number of rotatable bonds is 5. The Kier molecular flexibility index (Phi) is 4.17. The normalized spacial score (nSPS) is 13.3. The third kappa shape index (κ3) is 2.87. The molecule has 2 rings (SSSR count). The molecule has 108 valence electrons. The standard InChI is InChI=1S/C12H17N5O2S/c1-8(10-4-3-5-14-7-10)17-20(18,19)12-9(2)15-16-11(12)6-13/h3-5,7-8,17H,6,13H2,1-2H3,(H,15,16). The van der Waals surface area contributed by atoms with E-state index in [1.54, 1.807) is 32.3 Å². The smallest absolute Gasteiger partial charge is 0.244 e. The van der Waals surface area contributed by atoms with Crippen LogP contribution in [0.1, 0.15) is 29.9 Å². The second kappa shape index (κ2) is 5.70. The van der Waals surface area contributed by atoms with Gasteiger partial charge < -0.3 is 5.73 Å². The van der Waals surface area contributed by atoms with Gasteiger partial charge in [0.1, 0.15) is 4.90 Å². The summed E-state index contributed by atoms with van der Waals surface area (Å²) in [6.07, 6.45) is 3.26. The van der Waals surface area contributed by atoms with Gasteiger partial charge in [-0.15, -0.1) is 0 Å². The van der Waals surface area contributed by atoms with Crippen LogP contribution in [0, 0.1) is 6.92 Å². The minimum atomic E-state index is -3.69. The summed E-state index contributed by atoms with van der Waals surface area (Å²) in [4.78, 5) is 4.10. The van der Waals surface area contributed by atoms with Crippen LogP contribution in [-0.2, 0) is 16.6 Å². The number of H-pyrrole nitrogens is 1. The predicted molar refractivity (Wildman–Crippen MR) is 74.2 cm³/mol. The summed E-state index contributed by atoms with van der Waals surface area (Å²) in [6, 6.07) is 3.18. The lowest BCUT2D eigenvalue weighted by Crippen LogP contribution is -2.28. The third-order valence-corrected chi connectivity index (χ3v) is 4.68. The quantitative estimate of drug-likeness (QED) is 0.748. The van der Waals surface area contributed by atoms with E-state index in [0.29, 0.717) is 11.4 Å². The van der Waals surface area contributed by atoms with Gasteiger partial charge in [-0.05, 0) is 25.5 Å². The van der Waals surface area contributed by atoms with Crippen molar-refractivity contribution in [3.05, 3.63) is 41.5 Å². The van der Waals surface area contributed by atoms with Crippen molar-refractivity contribution in [3.8, 4) is 0 Å². The van der Waals surface area contributed by atoms with Gasteiger partial charge in [-0.2, -0.15) is 5.10 Å². The number of hydrogen-bond donors (Lipinski definition) is 3. The number of pyridine rings is 1. The summed E-state index contributed by atoms with van der Waals surface area (Å²) in [5, 5.41) is 6.54. The molecule has 0 bridgehead atoms. The maximum absolute atomic E-state index is 12.4.